The predicted octanol–water partition coefficient (Wildman–Crippen LogP) is 2.73. The lowest BCUT2D eigenvalue weighted by Gasteiger charge is -2.26. The first-order valence-corrected chi connectivity index (χ1v) is 6.69. The van der Waals surface area contributed by atoms with Crippen molar-refractivity contribution in [2.75, 3.05) is 26.2 Å². The molecular weight excluding hydrogens is 252 g/mol. The van der Waals surface area contributed by atoms with E-state index in [1.165, 1.54) is 28.7 Å². The summed E-state index contributed by atoms with van der Waals surface area (Å²) in [6.45, 7) is 5.70. The van der Waals surface area contributed by atoms with Crippen LogP contribution >= 0.6 is 23.7 Å². The maximum absolute atomic E-state index is 3.39. The van der Waals surface area contributed by atoms with E-state index >= 15 is 0 Å². The highest BCUT2D eigenvalue weighted by atomic mass is 35.5. The molecule has 0 amide bonds. The summed E-state index contributed by atoms with van der Waals surface area (Å²) < 4.78 is 1.41. The van der Waals surface area contributed by atoms with Crippen LogP contribution < -0.4 is 5.32 Å². The van der Waals surface area contributed by atoms with Crippen molar-refractivity contribution in [2.45, 2.75) is 6.54 Å². The van der Waals surface area contributed by atoms with E-state index in [1.807, 2.05) is 11.3 Å². The van der Waals surface area contributed by atoms with Gasteiger partial charge in [-0.2, -0.15) is 0 Å². The van der Waals surface area contributed by atoms with Crippen LogP contribution in [0.15, 0.2) is 29.6 Å². The fourth-order valence-corrected chi connectivity index (χ4v) is 3.22. The monoisotopic (exact) mass is 268 g/mol. The van der Waals surface area contributed by atoms with Gasteiger partial charge < -0.3 is 5.32 Å². The lowest BCUT2D eigenvalue weighted by Crippen LogP contribution is -2.42. The number of halogens is 1. The quantitative estimate of drug-likeness (QED) is 0.901. The molecular formula is C13H17ClN2S. The van der Waals surface area contributed by atoms with Crippen molar-refractivity contribution in [3.63, 3.8) is 0 Å². The van der Waals surface area contributed by atoms with E-state index in [2.05, 4.69) is 39.9 Å². The molecule has 2 nitrogen and oxygen atoms in total. The molecule has 1 aliphatic rings. The summed E-state index contributed by atoms with van der Waals surface area (Å²) in [6.07, 6.45) is 0. The third-order valence-electron chi connectivity index (χ3n) is 3.16. The molecule has 0 spiro atoms. The number of rotatable bonds is 2. The van der Waals surface area contributed by atoms with Crippen molar-refractivity contribution in [2.24, 2.45) is 0 Å². The van der Waals surface area contributed by atoms with Crippen molar-refractivity contribution in [3.8, 4) is 0 Å². The van der Waals surface area contributed by atoms with Crippen LogP contribution in [0, 0.1) is 0 Å². The topological polar surface area (TPSA) is 15.3 Å². The van der Waals surface area contributed by atoms with Crippen LogP contribution in [0.5, 0.6) is 0 Å². The van der Waals surface area contributed by atoms with E-state index in [0.717, 1.165) is 19.6 Å². The Balaban J connectivity index is 0.00000108. The summed E-state index contributed by atoms with van der Waals surface area (Å²) in [5.41, 5.74) is 1.49. The number of hydrogen-bond acceptors (Lipinski definition) is 3. The SMILES string of the molecule is Cl.c1ccc2c(CN3CCNCC3)csc2c1. The molecule has 1 N–H and O–H groups in total. The molecule has 3 rings (SSSR count). The second kappa shape index (κ2) is 5.83. The summed E-state index contributed by atoms with van der Waals surface area (Å²) in [5, 5.41) is 7.14. The Hall–Kier alpha value is -0.610. The number of piperazine rings is 1. The first-order chi connectivity index (χ1) is 7.93. The molecule has 1 aromatic heterocycles. The first-order valence-electron chi connectivity index (χ1n) is 5.82. The highest BCUT2D eigenvalue weighted by Crippen LogP contribution is 2.26. The fourth-order valence-electron chi connectivity index (χ4n) is 2.27. The van der Waals surface area contributed by atoms with Gasteiger partial charge in [0.15, 0.2) is 0 Å². The molecule has 0 radical (unpaired) electrons. The van der Waals surface area contributed by atoms with E-state index in [1.54, 1.807) is 0 Å². The van der Waals surface area contributed by atoms with Gasteiger partial charge in [0.1, 0.15) is 0 Å². The van der Waals surface area contributed by atoms with Crippen LogP contribution in [0.2, 0.25) is 0 Å². The maximum Gasteiger partial charge on any atom is 0.0346 e. The highest BCUT2D eigenvalue weighted by Gasteiger charge is 2.12. The van der Waals surface area contributed by atoms with E-state index in [4.69, 9.17) is 0 Å². The van der Waals surface area contributed by atoms with Gasteiger partial charge in [-0.25, -0.2) is 0 Å². The third-order valence-corrected chi connectivity index (χ3v) is 4.18. The van der Waals surface area contributed by atoms with Gasteiger partial charge >= 0.3 is 0 Å². The van der Waals surface area contributed by atoms with Crippen LogP contribution in [0.1, 0.15) is 5.56 Å². The minimum absolute atomic E-state index is 0. The Morgan fingerprint density at radius 3 is 2.76 bits per heavy atom. The average Bonchev–Trinajstić information content (AvgIpc) is 2.74. The Morgan fingerprint density at radius 2 is 1.94 bits per heavy atom. The largest absolute Gasteiger partial charge is 0.314 e. The Bertz CT molecular complexity index is 477. The van der Waals surface area contributed by atoms with Crippen LogP contribution in [-0.2, 0) is 6.54 Å². The van der Waals surface area contributed by atoms with Gasteiger partial charge in [-0.1, -0.05) is 18.2 Å². The molecule has 1 saturated heterocycles. The average molecular weight is 269 g/mol. The van der Waals surface area contributed by atoms with Gasteiger partial charge in [-0.3, -0.25) is 4.90 Å². The van der Waals surface area contributed by atoms with E-state index in [0.29, 0.717) is 0 Å². The smallest absolute Gasteiger partial charge is 0.0346 e. The van der Waals surface area contributed by atoms with Gasteiger partial charge in [0.05, 0.1) is 0 Å². The predicted molar refractivity (Wildman–Crippen MR) is 77.2 cm³/mol. The fraction of sp³-hybridized carbons (Fsp3) is 0.385. The minimum Gasteiger partial charge on any atom is -0.314 e. The normalized spacial score (nSPS) is 16.9. The number of nitrogens with one attached hydrogen (secondary N) is 1. The zero-order chi connectivity index (χ0) is 10.8. The van der Waals surface area contributed by atoms with E-state index in [-0.39, 0.29) is 12.4 Å². The minimum atomic E-state index is 0. The molecule has 1 aromatic carbocycles. The van der Waals surface area contributed by atoms with Gasteiger partial charge in [0.2, 0.25) is 0 Å². The van der Waals surface area contributed by atoms with Crippen molar-refractivity contribution in [1.29, 1.82) is 0 Å². The maximum atomic E-state index is 3.39. The van der Waals surface area contributed by atoms with Gasteiger partial charge in [0, 0.05) is 37.4 Å². The van der Waals surface area contributed by atoms with E-state index in [9.17, 15) is 0 Å². The number of fused-ring (bicyclic) bond motifs is 1. The van der Waals surface area contributed by atoms with Gasteiger partial charge in [-0.05, 0) is 22.4 Å². The zero-order valence-electron chi connectivity index (χ0n) is 9.69. The molecule has 0 unspecified atom stereocenters. The molecule has 1 fully saturated rings. The van der Waals surface area contributed by atoms with Crippen LogP contribution in [0.3, 0.4) is 0 Å². The Morgan fingerprint density at radius 1 is 1.18 bits per heavy atom. The second-order valence-electron chi connectivity index (χ2n) is 4.28. The summed E-state index contributed by atoms with van der Waals surface area (Å²) in [4.78, 5) is 2.53. The summed E-state index contributed by atoms with van der Waals surface area (Å²) in [6, 6.07) is 8.70. The van der Waals surface area contributed by atoms with Gasteiger partial charge in [0.25, 0.3) is 0 Å². The molecule has 0 aliphatic carbocycles. The highest BCUT2D eigenvalue weighted by molar-refractivity contribution is 7.17. The third kappa shape index (κ3) is 2.80. The molecule has 2 aromatic rings. The first kappa shape index (κ1) is 12.8. The number of thiophene rings is 1. The lowest BCUT2D eigenvalue weighted by molar-refractivity contribution is 0.234. The standard InChI is InChI=1S/C13H16N2S.ClH/c1-2-4-13-12(3-1)11(10-16-13)9-15-7-5-14-6-8-15;/h1-4,10,14H,5-9H2;1H. The molecule has 0 bridgehead atoms. The van der Waals surface area contributed by atoms with Crippen molar-refractivity contribution < 1.29 is 0 Å². The van der Waals surface area contributed by atoms with Crippen LogP contribution in [0.4, 0.5) is 0 Å². The zero-order valence-corrected chi connectivity index (χ0v) is 11.3. The molecule has 0 saturated carbocycles. The molecule has 4 heteroatoms. The molecule has 92 valence electrons. The summed E-state index contributed by atoms with van der Waals surface area (Å²) in [7, 11) is 0. The molecule has 1 aliphatic heterocycles. The van der Waals surface area contributed by atoms with Crippen LogP contribution in [0.25, 0.3) is 10.1 Å². The van der Waals surface area contributed by atoms with Crippen LogP contribution in [-0.4, -0.2) is 31.1 Å². The summed E-state index contributed by atoms with van der Waals surface area (Å²) in [5.74, 6) is 0. The Labute approximate surface area is 112 Å². The van der Waals surface area contributed by atoms with Crippen molar-refractivity contribution in [3.05, 3.63) is 35.2 Å². The molecule has 17 heavy (non-hydrogen) atoms. The molecule has 2 heterocycles. The second-order valence-corrected chi connectivity index (χ2v) is 5.19. The number of benzene rings is 1. The Kier molecular flexibility index (Phi) is 4.40. The van der Waals surface area contributed by atoms with E-state index < -0.39 is 0 Å². The van der Waals surface area contributed by atoms with Gasteiger partial charge in [-0.15, -0.1) is 23.7 Å². The summed E-state index contributed by atoms with van der Waals surface area (Å²) >= 11 is 1.86. The lowest BCUT2D eigenvalue weighted by atomic mass is 10.1. The van der Waals surface area contributed by atoms with Crippen molar-refractivity contribution in [1.82, 2.24) is 10.2 Å². The number of hydrogen-bond donors (Lipinski definition) is 1. The number of nitrogens with zero attached hydrogens (tertiary/aromatic N) is 1. The molecule has 0 atom stereocenters. The van der Waals surface area contributed by atoms with Crippen molar-refractivity contribution >= 4 is 33.8 Å².